The first kappa shape index (κ1) is 45.6. The summed E-state index contributed by atoms with van der Waals surface area (Å²) in [5, 5.41) is 5.08. The van der Waals surface area contributed by atoms with Crippen molar-refractivity contribution in [2.45, 2.75) is 71.6 Å². The maximum absolute atomic E-state index is 15.9. The van der Waals surface area contributed by atoms with Gasteiger partial charge in [0.05, 0.1) is 5.69 Å². The lowest BCUT2D eigenvalue weighted by Gasteiger charge is -2.32. The number of ketones is 1. The van der Waals surface area contributed by atoms with Gasteiger partial charge in [-0.05, 0) is 174 Å². The molecule has 0 unspecified atom stereocenters. The molecule has 0 amide bonds. The predicted octanol–water partition coefficient (Wildman–Crippen LogP) is 19.7. The van der Waals surface area contributed by atoms with Gasteiger partial charge >= 0.3 is 0 Å². The molecule has 15 rings (SSSR count). The quantitative estimate of drug-likeness (QED) is 0.166. The average Bonchev–Trinajstić information content (AvgIpc) is 4.26. The van der Waals surface area contributed by atoms with Crippen LogP contribution in [0.5, 0.6) is 0 Å². The Hall–Kier alpha value is -8.79. The molecule has 0 radical (unpaired) electrons. The van der Waals surface area contributed by atoms with Crippen molar-refractivity contribution < 1.29 is 4.79 Å². The van der Waals surface area contributed by atoms with Crippen LogP contribution in [-0.2, 0) is 16.2 Å². The molecule has 0 aromatic heterocycles. The Bertz CT molecular complexity index is 4400. The normalized spacial score (nSPS) is 15.1. The molecular weight excluding hydrogens is 933 g/mol. The number of aryl methyl sites for hydroxylation is 2. The topological polar surface area (TPSA) is 23.6 Å². The molecule has 3 heteroatoms. The first-order valence-corrected chi connectivity index (χ1v) is 27.3. The Morgan fingerprint density at radius 1 is 0.312 bits per heavy atom. The van der Waals surface area contributed by atoms with Crippen molar-refractivity contribution in [2.75, 3.05) is 9.80 Å². The van der Waals surface area contributed by atoms with Gasteiger partial charge in [0.1, 0.15) is 0 Å². The molecule has 0 aliphatic heterocycles. The smallest absolute Gasteiger partial charge is 0.194 e. The van der Waals surface area contributed by atoms with Crippen LogP contribution in [0.2, 0.25) is 0 Å². The molecule has 4 aliphatic carbocycles. The molecule has 0 atom stereocenters. The van der Waals surface area contributed by atoms with E-state index in [4.69, 9.17) is 0 Å². The monoisotopic (exact) mass is 990 g/mol. The van der Waals surface area contributed by atoms with E-state index in [0.29, 0.717) is 0 Å². The van der Waals surface area contributed by atoms with Crippen LogP contribution in [0.15, 0.2) is 206 Å². The molecule has 11 aromatic rings. The number of carbonyl (C=O) groups excluding carboxylic acids is 1. The zero-order chi connectivity index (χ0) is 52.4. The first-order chi connectivity index (χ1) is 37.2. The number of anilines is 6. The van der Waals surface area contributed by atoms with Gasteiger partial charge in [0.2, 0.25) is 0 Å². The van der Waals surface area contributed by atoms with E-state index in [0.717, 1.165) is 56.4 Å². The minimum Gasteiger partial charge on any atom is -0.310 e. The highest BCUT2D eigenvalue weighted by atomic mass is 16.1. The van der Waals surface area contributed by atoms with Crippen molar-refractivity contribution in [1.82, 2.24) is 0 Å². The largest absolute Gasteiger partial charge is 0.310 e. The van der Waals surface area contributed by atoms with Gasteiger partial charge in [0, 0.05) is 61.4 Å². The second-order valence-electron chi connectivity index (χ2n) is 23.8. The van der Waals surface area contributed by atoms with Crippen LogP contribution in [0.4, 0.5) is 34.1 Å². The van der Waals surface area contributed by atoms with Crippen LogP contribution in [0.3, 0.4) is 0 Å². The lowest BCUT2D eigenvalue weighted by Crippen LogP contribution is -2.19. The van der Waals surface area contributed by atoms with Crippen molar-refractivity contribution in [3.63, 3.8) is 0 Å². The summed E-state index contributed by atoms with van der Waals surface area (Å²) in [5.41, 5.74) is 26.6. The summed E-state index contributed by atoms with van der Waals surface area (Å²) in [7, 11) is 0. The van der Waals surface area contributed by atoms with Crippen LogP contribution in [0.1, 0.15) is 102 Å². The zero-order valence-corrected chi connectivity index (χ0v) is 44.9. The fourth-order valence-electron chi connectivity index (χ4n) is 14.3. The van der Waals surface area contributed by atoms with Crippen molar-refractivity contribution in [3.05, 3.63) is 262 Å². The summed E-state index contributed by atoms with van der Waals surface area (Å²) in [6.07, 6.45) is 0. The van der Waals surface area contributed by atoms with E-state index in [1.165, 1.54) is 99.4 Å². The summed E-state index contributed by atoms with van der Waals surface area (Å²) in [6.45, 7) is 18.4. The number of benzene rings is 11. The van der Waals surface area contributed by atoms with Gasteiger partial charge in [-0.15, -0.1) is 0 Å². The van der Waals surface area contributed by atoms with Crippen LogP contribution in [0.25, 0.3) is 66.1 Å². The summed E-state index contributed by atoms with van der Waals surface area (Å²) in [4.78, 5) is 20.6. The number of rotatable bonds is 6. The second kappa shape index (κ2) is 15.9. The molecule has 0 bridgehead atoms. The van der Waals surface area contributed by atoms with Gasteiger partial charge in [0.15, 0.2) is 5.78 Å². The first-order valence-electron chi connectivity index (χ1n) is 27.3. The Balaban J connectivity index is 0.920. The average molecular weight is 991 g/mol. The maximum Gasteiger partial charge on any atom is 0.194 e. The lowest BCUT2D eigenvalue weighted by molar-refractivity contribution is 0.104. The molecule has 0 saturated carbocycles. The van der Waals surface area contributed by atoms with Gasteiger partial charge in [0.25, 0.3) is 0 Å². The number of carbonyl (C=O) groups is 1. The van der Waals surface area contributed by atoms with Crippen molar-refractivity contribution in [1.29, 1.82) is 0 Å². The van der Waals surface area contributed by atoms with E-state index in [9.17, 15) is 0 Å². The van der Waals surface area contributed by atoms with Gasteiger partial charge in [-0.2, -0.15) is 0 Å². The molecule has 0 N–H and O–H groups in total. The molecule has 0 fully saturated rings. The van der Waals surface area contributed by atoms with E-state index in [1.807, 2.05) is 0 Å². The van der Waals surface area contributed by atoms with Crippen molar-refractivity contribution in [2.24, 2.45) is 0 Å². The van der Waals surface area contributed by atoms with Gasteiger partial charge in [-0.1, -0.05) is 192 Å². The minimum absolute atomic E-state index is 0.0511. The van der Waals surface area contributed by atoms with Gasteiger partial charge in [-0.3, -0.25) is 4.79 Å². The Morgan fingerprint density at radius 2 is 0.766 bits per heavy atom. The summed E-state index contributed by atoms with van der Waals surface area (Å²) in [6, 6.07) is 76.3. The zero-order valence-electron chi connectivity index (χ0n) is 44.9. The highest BCUT2D eigenvalue weighted by molar-refractivity contribution is 6.25. The highest BCUT2D eigenvalue weighted by Crippen LogP contribution is 2.61. The minimum atomic E-state index is -0.414. The molecule has 77 heavy (non-hydrogen) atoms. The fourth-order valence-corrected chi connectivity index (χ4v) is 14.3. The second-order valence-corrected chi connectivity index (χ2v) is 23.8. The molecule has 370 valence electrons. The molecule has 4 aliphatic rings. The van der Waals surface area contributed by atoms with Crippen LogP contribution < -0.4 is 9.80 Å². The van der Waals surface area contributed by atoms with E-state index >= 15 is 4.79 Å². The molecular formula is C74H58N2O. The van der Waals surface area contributed by atoms with E-state index in [1.54, 1.807) is 0 Å². The summed E-state index contributed by atoms with van der Waals surface area (Å²) in [5.74, 6) is 0.0511. The van der Waals surface area contributed by atoms with Crippen LogP contribution in [-0.4, -0.2) is 5.78 Å². The van der Waals surface area contributed by atoms with Gasteiger partial charge in [-0.25, -0.2) is 0 Å². The lowest BCUT2D eigenvalue weighted by atomic mass is 9.78. The Labute approximate surface area is 451 Å². The van der Waals surface area contributed by atoms with E-state index < -0.39 is 5.41 Å². The number of hydrogen-bond acceptors (Lipinski definition) is 3. The Kier molecular flexibility index (Phi) is 9.40. The predicted molar refractivity (Wildman–Crippen MR) is 322 cm³/mol. The third-order valence-corrected chi connectivity index (χ3v) is 18.3. The van der Waals surface area contributed by atoms with E-state index in [2.05, 4.69) is 271 Å². The molecule has 0 spiro atoms. The maximum atomic E-state index is 15.9. The molecule has 0 saturated heterocycles. The fraction of sp³-hybridized carbons (Fsp3) is 0.149. The van der Waals surface area contributed by atoms with Crippen molar-refractivity contribution in [3.8, 4) is 44.5 Å². The third kappa shape index (κ3) is 6.29. The third-order valence-electron chi connectivity index (χ3n) is 18.3. The molecule has 0 heterocycles. The van der Waals surface area contributed by atoms with Gasteiger partial charge < -0.3 is 9.80 Å². The standard InChI is InChI=1S/C74H58N2O/c1-43-21-27-47(28-22-43)75(50-32-35-56-63(40-50)72(3,4)61-37-25-45-15-9-11-17-52(45)66(56)61)49-31-34-54-58(39-49)71(77)59-42-65(69-55-19-13-14-20-60(55)74(7,8)70(69)68(54)59)76(48-29-23-44(2)24-30-48)51-33-36-57-64(41-51)73(5,6)62-38-26-46-16-10-12-18-53(46)67(57)62/h9-42H,1-8H3. The SMILES string of the molecule is Cc1ccc(N(c2ccc3c(c2)C(=O)c2cc(N(c4ccc(C)cc4)c4ccc5c(c4)C(C)(C)c4ccc6ccccc6c4-5)c4c(c2-3)C(C)(C)c2ccccc2-4)c2ccc3c(c2)C(C)(C)c2ccc4ccccc4c2-3)cc1. The molecule has 11 aromatic carbocycles. The van der Waals surface area contributed by atoms with Crippen molar-refractivity contribution >= 4 is 61.5 Å². The summed E-state index contributed by atoms with van der Waals surface area (Å²) < 4.78 is 0. The van der Waals surface area contributed by atoms with Crippen LogP contribution >= 0.6 is 0 Å². The summed E-state index contributed by atoms with van der Waals surface area (Å²) >= 11 is 0. The number of hydrogen-bond donors (Lipinski definition) is 0. The Morgan fingerprint density at radius 3 is 1.34 bits per heavy atom. The van der Waals surface area contributed by atoms with Crippen LogP contribution in [0, 0.1) is 13.8 Å². The van der Waals surface area contributed by atoms with E-state index in [-0.39, 0.29) is 16.6 Å². The highest BCUT2D eigenvalue weighted by Gasteiger charge is 2.46. The molecule has 3 nitrogen and oxygen atoms in total. The number of fused-ring (bicyclic) bond motifs is 17. The number of nitrogens with zero attached hydrogens (tertiary/aromatic N) is 2.